The maximum atomic E-state index is 11.3. The summed E-state index contributed by atoms with van der Waals surface area (Å²) in [5.74, 6) is -0.714. The van der Waals surface area contributed by atoms with Crippen molar-refractivity contribution in [2.45, 2.75) is 0 Å². The van der Waals surface area contributed by atoms with Crippen molar-refractivity contribution in [2.75, 3.05) is 0 Å². The number of nitro groups is 1. The third kappa shape index (κ3) is 1.40. The Kier molecular flexibility index (Phi) is 2.28. The molecule has 0 radical (unpaired) electrons. The molecule has 0 fully saturated rings. The van der Waals surface area contributed by atoms with Crippen molar-refractivity contribution in [3.05, 3.63) is 43.7 Å². The van der Waals surface area contributed by atoms with Crippen LogP contribution in [0.4, 0.5) is 5.69 Å². The predicted octanol–water partition coefficient (Wildman–Crippen LogP) is 1.80. The van der Waals surface area contributed by atoms with E-state index in [-0.39, 0.29) is 15.9 Å². The molecule has 0 unspecified atom stereocenters. The summed E-state index contributed by atoms with van der Waals surface area (Å²) in [7, 11) is 0. The molecule has 2 aromatic rings. The Morgan fingerprint density at radius 1 is 1.44 bits per heavy atom. The highest BCUT2D eigenvalue weighted by atomic mass is 35.5. The zero-order valence-corrected chi connectivity index (χ0v) is 8.49. The molecule has 7 heteroatoms. The second-order valence-corrected chi connectivity index (χ2v) is 3.48. The molecule has 0 saturated heterocycles. The molecule has 16 heavy (non-hydrogen) atoms. The van der Waals surface area contributed by atoms with Gasteiger partial charge in [0.1, 0.15) is 0 Å². The molecule has 0 bridgehead atoms. The SMILES string of the molecule is O=c1[nH]c2cccc(Cl)c2c(O)c1[N+](=O)[O-]. The van der Waals surface area contributed by atoms with Gasteiger partial charge in [0.2, 0.25) is 5.75 Å². The molecule has 0 aliphatic heterocycles. The summed E-state index contributed by atoms with van der Waals surface area (Å²) >= 11 is 5.79. The highest BCUT2D eigenvalue weighted by Gasteiger charge is 2.23. The van der Waals surface area contributed by atoms with Gasteiger partial charge in [0, 0.05) is 0 Å². The van der Waals surface area contributed by atoms with E-state index in [0.29, 0.717) is 0 Å². The van der Waals surface area contributed by atoms with Gasteiger partial charge in [0.25, 0.3) is 0 Å². The fraction of sp³-hybridized carbons (Fsp3) is 0. The Hall–Kier alpha value is -2.08. The van der Waals surface area contributed by atoms with Gasteiger partial charge in [-0.2, -0.15) is 0 Å². The van der Waals surface area contributed by atoms with Crippen molar-refractivity contribution in [3.8, 4) is 5.75 Å². The maximum absolute atomic E-state index is 11.3. The van der Waals surface area contributed by atoms with Gasteiger partial charge in [-0.1, -0.05) is 17.7 Å². The number of aromatic hydroxyl groups is 1. The van der Waals surface area contributed by atoms with Crippen LogP contribution in [0.15, 0.2) is 23.0 Å². The summed E-state index contributed by atoms with van der Waals surface area (Å²) in [4.78, 5) is 23.2. The first-order chi connectivity index (χ1) is 7.52. The average Bonchev–Trinajstić information content (AvgIpc) is 2.15. The van der Waals surface area contributed by atoms with E-state index < -0.39 is 21.9 Å². The van der Waals surface area contributed by atoms with Crippen LogP contribution < -0.4 is 5.56 Å². The topological polar surface area (TPSA) is 96.2 Å². The van der Waals surface area contributed by atoms with E-state index in [9.17, 15) is 20.0 Å². The Bertz CT molecular complexity index is 650. The first kappa shape index (κ1) is 10.4. The third-order valence-electron chi connectivity index (χ3n) is 2.12. The number of nitrogens with one attached hydrogen (secondary N) is 1. The second kappa shape index (κ2) is 3.49. The lowest BCUT2D eigenvalue weighted by molar-refractivity contribution is -0.387. The Morgan fingerprint density at radius 2 is 2.12 bits per heavy atom. The molecule has 0 atom stereocenters. The van der Waals surface area contributed by atoms with Crippen LogP contribution in [0.5, 0.6) is 5.75 Å². The summed E-state index contributed by atoms with van der Waals surface area (Å²) in [6, 6.07) is 4.52. The standard InChI is InChI=1S/C9H5ClN2O4/c10-4-2-1-3-5-6(4)8(13)7(12(15)16)9(14)11-5/h1-3H,(H2,11,13,14). The van der Waals surface area contributed by atoms with Gasteiger partial charge in [0.15, 0.2) is 0 Å². The Balaban J connectivity index is 3.03. The number of benzene rings is 1. The van der Waals surface area contributed by atoms with E-state index >= 15 is 0 Å². The van der Waals surface area contributed by atoms with Crippen molar-refractivity contribution in [1.29, 1.82) is 0 Å². The lowest BCUT2D eigenvalue weighted by atomic mass is 10.2. The minimum Gasteiger partial charge on any atom is -0.501 e. The van der Waals surface area contributed by atoms with Crippen molar-refractivity contribution >= 4 is 28.2 Å². The van der Waals surface area contributed by atoms with Gasteiger partial charge in [-0.05, 0) is 12.1 Å². The summed E-state index contributed by atoms with van der Waals surface area (Å²) in [5, 5.41) is 20.4. The van der Waals surface area contributed by atoms with Gasteiger partial charge in [-0.15, -0.1) is 0 Å². The summed E-state index contributed by atoms with van der Waals surface area (Å²) in [5.41, 5.74) is -1.61. The van der Waals surface area contributed by atoms with E-state index in [2.05, 4.69) is 4.98 Å². The van der Waals surface area contributed by atoms with Crippen LogP contribution in [0.1, 0.15) is 0 Å². The van der Waals surface area contributed by atoms with Crippen LogP contribution in [0, 0.1) is 10.1 Å². The largest absolute Gasteiger partial charge is 0.501 e. The minimum absolute atomic E-state index is 0.0652. The smallest absolute Gasteiger partial charge is 0.375 e. The van der Waals surface area contributed by atoms with E-state index in [1.54, 1.807) is 6.07 Å². The molecule has 2 rings (SSSR count). The van der Waals surface area contributed by atoms with Crippen LogP contribution in [0.25, 0.3) is 10.9 Å². The molecule has 6 nitrogen and oxygen atoms in total. The Morgan fingerprint density at radius 3 is 2.75 bits per heavy atom. The maximum Gasteiger partial charge on any atom is 0.375 e. The first-order valence-electron chi connectivity index (χ1n) is 4.20. The van der Waals surface area contributed by atoms with Gasteiger partial charge in [-0.25, -0.2) is 0 Å². The molecule has 0 amide bonds. The molecule has 0 aliphatic carbocycles. The van der Waals surface area contributed by atoms with E-state index in [0.717, 1.165) is 0 Å². The fourth-order valence-electron chi connectivity index (χ4n) is 1.45. The van der Waals surface area contributed by atoms with Crippen LogP contribution in [0.2, 0.25) is 5.02 Å². The van der Waals surface area contributed by atoms with Gasteiger partial charge < -0.3 is 10.1 Å². The Labute approximate surface area is 93.2 Å². The van der Waals surface area contributed by atoms with Crippen LogP contribution >= 0.6 is 11.6 Å². The van der Waals surface area contributed by atoms with Gasteiger partial charge >= 0.3 is 11.2 Å². The number of pyridine rings is 1. The molecule has 1 aromatic heterocycles. The quantitative estimate of drug-likeness (QED) is 0.587. The fourth-order valence-corrected chi connectivity index (χ4v) is 1.71. The molecule has 0 saturated carbocycles. The molecule has 1 aromatic carbocycles. The monoisotopic (exact) mass is 240 g/mol. The van der Waals surface area contributed by atoms with Crippen molar-refractivity contribution in [2.24, 2.45) is 0 Å². The number of hydrogen-bond donors (Lipinski definition) is 2. The number of aromatic amines is 1. The molecular weight excluding hydrogens is 236 g/mol. The summed E-state index contributed by atoms with van der Waals surface area (Å²) < 4.78 is 0. The molecular formula is C9H5ClN2O4. The number of rotatable bonds is 1. The molecule has 0 aliphatic rings. The third-order valence-corrected chi connectivity index (χ3v) is 2.44. The van der Waals surface area contributed by atoms with Crippen molar-refractivity contribution < 1.29 is 10.0 Å². The normalized spacial score (nSPS) is 10.6. The number of hydrogen-bond acceptors (Lipinski definition) is 4. The number of fused-ring (bicyclic) bond motifs is 1. The van der Waals surface area contributed by atoms with Crippen LogP contribution in [-0.4, -0.2) is 15.0 Å². The van der Waals surface area contributed by atoms with Gasteiger partial charge in [0.05, 0.1) is 20.8 Å². The van der Waals surface area contributed by atoms with Gasteiger partial charge in [-0.3, -0.25) is 14.9 Å². The average molecular weight is 241 g/mol. The molecule has 82 valence electrons. The van der Waals surface area contributed by atoms with E-state index in [4.69, 9.17) is 11.6 Å². The van der Waals surface area contributed by atoms with E-state index in [1.165, 1.54) is 12.1 Å². The number of H-pyrrole nitrogens is 1. The second-order valence-electron chi connectivity index (χ2n) is 3.07. The molecule has 2 N–H and O–H groups in total. The first-order valence-corrected chi connectivity index (χ1v) is 4.58. The summed E-state index contributed by atoms with van der Waals surface area (Å²) in [6.07, 6.45) is 0. The molecule has 0 spiro atoms. The van der Waals surface area contributed by atoms with Crippen molar-refractivity contribution in [3.63, 3.8) is 0 Å². The number of halogens is 1. The zero-order valence-electron chi connectivity index (χ0n) is 7.73. The zero-order chi connectivity index (χ0) is 11.9. The van der Waals surface area contributed by atoms with Crippen LogP contribution in [-0.2, 0) is 0 Å². The lowest BCUT2D eigenvalue weighted by Gasteiger charge is -2.02. The minimum atomic E-state index is -0.961. The summed E-state index contributed by atoms with van der Waals surface area (Å²) in [6.45, 7) is 0. The van der Waals surface area contributed by atoms with E-state index in [1.807, 2.05) is 0 Å². The highest BCUT2D eigenvalue weighted by Crippen LogP contribution is 2.34. The predicted molar refractivity (Wildman–Crippen MR) is 57.9 cm³/mol. The molecule has 1 heterocycles. The lowest BCUT2D eigenvalue weighted by Crippen LogP contribution is -2.11. The highest BCUT2D eigenvalue weighted by molar-refractivity contribution is 6.36. The van der Waals surface area contributed by atoms with Crippen LogP contribution in [0.3, 0.4) is 0 Å². The number of aromatic nitrogens is 1. The van der Waals surface area contributed by atoms with Crippen molar-refractivity contribution in [1.82, 2.24) is 4.98 Å². The number of nitrogens with zero attached hydrogens (tertiary/aromatic N) is 1.